The fraction of sp³-hybridized carbons (Fsp3) is 0.526. The van der Waals surface area contributed by atoms with Crippen LogP contribution in [0, 0.1) is 23.7 Å². The first kappa shape index (κ1) is 18.6. The van der Waals surface area contributed by atoms with Gasteiger partial charge in [0.1, 0.15) is 5.75 Å². The number of hydrogen-bond donors (Lipinski definition) is 1. The Labute approximate surface area is 167 Å². The van der Waals surface area contributed by atoms with Crippen LogP contribution in [-0.2, 0) is 14.4 Å². The number of imide groups is 1. The van der Waals surface area contributed by atoms with Crippen molar-refractivity contribution in [3.05, 3.63) is 28.2 Å². The lowest BCUT2D eigenvalue weighted by Gasteiger charge is -2.22. The van der Waals surface area contributed by atoms with Crippen LogP contribution in [-0.4, -0.2) is 28.8 Å². The molecular weight excluding hydrogens is 391 g/mol. The molecule has 6 nitrogen and oxygen atoms in total. The number of halogens is 2. The van der Waals surface area contributed by atoms with E-state index in [1.165, 1.54) is 6.07 Å². The molecule has 4 rings (SSSR count). The molecule has 0 spiro atoms. The Balaban J connectivity index is 1.47. The number of carbonyl (C=O) groups excluding carboxylic acids is 3. The maximum Gasteiger partial charge on any atom is 0.279 e. The van der Waals surface area contributed by atoms with Crippen molar-refractivity contribution in [2.75, 3.05) is 0 Å². The van der Waals surface area contributed by atoms with E-state index in [1.54, 1.807) is 19.1 Å². The molecule has 0 unspecified atom stereocenters. The molecule has 3 amide bonds. The summed E-state index contributed by atoms with van der Waals surface area (Å²) in [7, 11) is 0. The lowest BCUT2D eigenvalue weighted by molar-refractivity contribution is -0.152. The molecule has 2 aliphatic carbocycles. The zero-order valence-corrected chi connectivity index (χ0v) is 16.3. The standard InChI is InChI=1S/C19H20Cl2N2O4/c1-2-13(27-14-8-11(20)5-6-12(14)21)17(24)22-23-18(25)15-9-3-4-10(7-9)16(15)19(23)26/h5-6,8-10,13,15-16H,2-4,7H2,1H3,(H,22,24)/t9-,10-,13-,15+,16+/m0/s1. The van der Waals surface area contributed by atoms with Crippen molar-refractivity contribution in [3.8, 4) is 5.75 Å². The number of rotatable bonds is 5. The number of nitrogens with one attached hydrogen (secondary N) is 1. The highest BCUT2D eigenvalue weighted by molar-refractivity contribution is 6.34. The maximum absolute atomic E-state index is 12.7. The molecule has 1 N–H and O–H groups in total. The Bertz CT molecular complexity index is 787. The first-order chi connectivity index (χ1) is 12.9. The maximum atomic E-state index is 12.7. The quantitative estimate of drug-likeness (QED) is 0.756. The fourth-order valence-corrected chi connectivity index (χ4v) is 5.07. The summed E-state index contributed by atoms with van der Waals surface area (Å²) in [5.41, 5.74) is 2.48. The molecule has 2 bridgehead atoms. The van der Waals surface area contributed by atoms with Gasteiger partial charge in [0.05, 0.1) is 16.9 Å². The molecule has 1 heterocycles. The van der Waals surface area contributed by atoms with Crippen molar-refractivity contribution in [1.29, 1.82) is 0 Å². The second kappa shape index (κ2) is 6.99. The number of ether oxygens (including phenoxy) is 1. The summed E-state index contributed by atoms with van der Waals surface area (Å²) in [4.78, 5) is 38.1. The van der Waals surface area contributed by atoms with Gasteiger partial charge >= 0.3 is 0 Å². The summed E-state index contributed by atoms with van der Waals surface area (Å²) < 4.78 is 5.69. The molecule has 0 radical (unpaired) electrons. The Kier molecular flexibility index (Phi) is 4.80. The number of benzene rings is 1. The fourth-order valence-electron chi connectivity index (χ4n) is 4.74. The number of amides is 3. The summed E-state index contributed by atoms with van der Waals surface area (Å²) in [5, 5.41) is 1.66. The Morgan fingerprint density at radius 2 is 1.85 bits per heavy atom. The smallest absolute Gasteiger partial charge is 0.279 e. The summed E-state index contributed by atoms with van der Waals surface area (Å²) in [6.45, 7) is 1.77. The van der Waals surface area contributed by atoms with Crippen molar-refractivity contribution in [2.24, 2.45) is 23.7 Å². The molecule has 2 saturated carbocycles. The van der Waals surface area contributed by atoms with Gasteiger partial charge in [-0.1, -0.05) is 30.1 Å². The monoisotopic (exact) mass is 410 g/mol. The highest BCUT2D eigenvalue weighted by Crippen LogP contribution is 2.55. The largest absolute Gasteiger partial charge is 0.479 e. The second-order valence-corrected chi connectivity index (χ2v) is 8.31. The lowest BCUT2D eigenvalue weighted by Crippen LogP contribution is -2.51. The van der Waals surface area contributed by atoms with E-state index in [1.807, 2.05) is 0 Å². The molecule has 1 aromatic carbocycles. The van der Waals surface area contributed by atoms with E-state index in [0.717, 1.165) is 24.3 Å². The van der Waals surface area contributed by atoms with E-state index >= 15 is 0 Å². The molecular formula is C19H20Cl2N2O4. The highest BCUT2D eigenvalue weighted by Gasteiger charge is 2.61. The third-order valence-electron chi connectivity index (χ3n) is 5.98. The second-order valence-electron chi connectivity index (χ2n) is 7.46. The van der Waals surface area contributed by atoms with Gasteiger partial charge in [0.2, 0.25) is 0 Å². The van der Waals surface area contributed by atoms with Crippen LogP contribution in [0.15, 0.2) is 18.2 Å². The van der Waals surface area contributed by atoms with Crippen molar-refractivity contribution in [1.82, 2.24) is 10.4 Å². The zero-order chi connectivity index (χ0) is 19.3. The Morgan fingerprint density at radius 3 is 2.44 bits per heavy atom. The molecule has 1 saturated heterocycles. The number of hydrogen-bond acceptors (Lipinski definition) is 4. The van der Waals surface area contributed by atoms with Crippen LogP contribution in [0.4, 0.5) is 0 Å². The SMILES string of the molecule is CC[C@H](Oc1cc(Cl)ccc1Cl)C(=O)NN1C(=O)[C@@H]2[C@H]3CC[C@@H](C3)[C@H]2C1=O. The van der Waals surface area contributed by atoms with Crippen molar-refractivity contribution in [2.45, 2.75) is 38.7 Å². The van der Waals surface area contributed by atoms with Crippen LogP contribution in [0.5, 0.6) is 5.75 Å². The van der Waals surface area contributed by atoms with Gasteiger partial charge in [0, 0.05) is 11.1 Å². The molecule has 1 aliphatic heterocycles. The van der Waals surface area contributed by atoms with E-state index in [4.69, 9.17) is 27.9 Å². The average Bonchev–Trinajstić information content (AvgIpc) is 3.32. The van der Waals surface area contributed by atoms with Crippen molar-refractivity contribution >= 4 is 40.9 Å². The van der Waals surface area contributed by atoms with Gasteiger partial charge < -0.3 is 4.74 Å². The van der Waals surface area contributed by atoms with Gasteiger partial charge in [-0.2, -0.15) is 5.01 Å². The van der Waals surface area contributed by atoms with E-state index in [-0.39, 0.29) is 41.2 Å². The third-order valence-corrected chi connectivity index (χ3v) is 6.52. The minimum Gasteiger partial charge on any atom is -0.479 e. The summed E-state index contributed by atoms with van der Waals surface area (Å²) >= 11 is 12.0. The van der Waals surface area contributed by atoms with Gasteiger partial charge in [0.15, 0.2) is 6.10 Å². The lowest BCUT2D eigenvalue weighted by atomic mass is 9.81. The van der Waals surface area contributed by atoms with Gasteiger partial charge in [-0.05, 0) is 49.7 Å². The highest BCUT2D eigenvalue weighted by atomic mass is 35.5. The Hall–Kier alpha value is -1.79. The van der Waals surface area contributed by atoms with Crippen LogP contribution < -0.4 is 10.2 Å². The predicted molar refractivity (Wildman–Crippen MR) is 99.0 cm³/mol. The number of hydrazine groups is 1. The molecule has 3 fully saturated rings. The average molecular weight is 411 g/mol. The minimum atomic E-state index is -0.904. The summed E-state index contributed by atoms with van der Waals surface area (Å²) in [6, 6.07) is 4.72. The zero-order valence-electron chi connectivity index (χ0n) is 14.8. The van der Waals surface area contributed by atoms with E-state index < -0.39 is 12.0 Å². The topological polar surface area (TPSA) is 75.7 Å². The van der Waals surface area contributed by atoms with Crippen LogP contribution in [0.25, 0.3) is 0 Å². The first-order valence-corrected chi connectivity index (χ1v) is 9.96. The van der Waals surface area contributed by atoms with Gasteiger partial charge in [-0.3, -0.25) is 19.8 Å². The predicted octanol–water partition coefficient (Wildman–Crippen LogP) is 3.21. The normalized spacial score (nSPS) is 29.8. The van der Waals surface area contributed by atoms with Crippen LogP contribution in [0.2, 0.25) is 10.0 Å². The molecule has 1 aromatic rings. The number of carbonyl (C=O) groups is 3. The molecule has 5 atom stereocenters. The molecule has 8 heteroatoms. The van der Waals surface area contributed by atoms with Crippen molar-refractivity contribution < 1.29 is 19.1 Å². The summed E-state index contributed by atoms with van der Waals surface area (Å²) in [5.74, 6) is -0.881. The van der Waals surface area contributed by atoms with Crippen molar-refractivity contribution in [3.63, 3.8) is 0 Å². The number of nitrogens with zero attached hydrogens (tertiary/aromatic N) is 1. The molecule has 3 aliphatic rings. The molecule has 27 heavy (non-hydrogen) atoms. The van der Waals surface area contributed by atoms with Gasteiger partial charge in [-0.25, -0.2) is 0 Å². The van der Waals surface area contributed by atoms with Gasteiger partial charge in [-0.15, -0.1) is 0 Å². The van der Waals surface area contributed by atoms with E-state index in [2.05, 4.69) is 5.43 Å². The minimum absolute atomic E-state index is 0.266. The number of fused-ring (bicyclic) bond motifs is 5. The first-order valence-electron chi connectivity index (χ1n) is 9.20. The Morgan fingerprint density at radius 1 is 1.22 bits per heavy atom. The van der Waals surface area contributed by atoms with Crippen LogP contribution >= 0.6 is 23.2 Å². The van der Waals surface area contributed by atoms with Crippen LogP contribution in [0.1, 0.15) is 32.6 Å². The van der Waals surface area contributed by atoms with E-state index in [0.29, 0.717) is 16.5 Å². The van der Waals surface area contributed by atoms with Gasteiger partial charge in [0.25, 0.3) is 17.7 Å². The summed E-state index contributed by atoms with van der Waals surface area (Å²) in [6.07, 6.45) is 2.35. The van der Waals surface area contributed by atoms with E-state index in [9.17, 15) is 14.4 Å². The molecule has 144 valence electrons. The van der Waals surface area contributed by atoms with Crippen LogP contribution in [0.3, 0.4) is 0 Å². The molecule has 0 aromatic heterocycles. The third kappa shape index (κ3) is 3.09.